The Morgan fingerprint density at radius 1 is 1.11 bits per heavy atom. The molecular formula is C21H25N5O. The summed E-state index contributed by atoms with van der Waals surface area (Å²) in [6.45, 7) is 2.18. The smallest absolute Gasteiger partial charge is 0.139 e. The Kier molecular flexibility index (Phi) is 4.99. The van der Waals surface area contributed by atoms with Crippen molar-refractivity contribution in [2.24, 2.45) is 13.0 Å². The van der Waals surface area contributed by atoms with E-state index in [0.29, 0.717) is 18.8 Å². The number of carbonyl (C=O) groups excluding carboxylic acids is 1. The van der Waals surface area contributed by atoms with Crippen molar-refractivity contribution >= 4 is 16.7 Å². The van der Waals surface area contributed by atoms with Gasteiger partial charge in [0.05, 0.1) is 23.8 Å². The summed E-state index contributed by atoms with van der Waals surface area (Å²) >= 11 is 0. The molecule has 27 heavy (non-hydrogen) atoms. The van der Waals surface area contributed by atoms with Gasteiger partial charge in [0.15, 0.2) is 0 Å². The standard InChI is InChI=1S/C21H25N5O/c1-25-7-5-15(6-8-25)9-20(27)12-19-11-17-10-16(3-4-21(17)24-23-19)18-13-22-26(2)14-18/h3-4,10-11,13-15H,5-9,12H2,1-2H3. The summed E-state index contributed by atoms with van der Waals surface area (Å²) in [6, 6.07) is 8.08. The Morgan fingerprint density at radius 3 is 2.67 bits per heavy atom. The van der Waals surface area contributed by atoms with Crippen molar-refractivity contribution in [1.82, 2.24) is 24.9 Å². The van der Waals surface area contributed by atoms with Crippen molar-refractivity contribution in [3.8, 4) is 11.1 Å². The molecule has 0 saturated carbocycles. The fourth-order valence-electron chi connectivity index (χ4n) is 3.79. The summed E-state index contributed by atoms with van der Waals surface area (Å²) in [5.74, 6) is 0.779. The molecule has 1 fully saturated rings. The Hall–Kier alpha value is -2.60. The van der Waals surface area contributed by atoms with Crippen molar-refractivity contribution in [2.45, 2.75) is 25.7 Å². The van der Waals surface area contributed by atoms with Crippen LogP contribution < -0.4 is 0 Å². The molecule has 2 aromatic heterocycles. The van der Waals surface area contributed by atoms with Crippen LogP contribution in [0.3, 0.4) is 0 Å². The minimum absolute atomic E-state index is 0.265. The molecule has 0 atom stereocenters. The fourth-order valence-corrected chi connectivity index (χ4v) is 3.79. The largest absolute Gasteiger partial charge is 0.306 e. The van der Waals surface area contributed by atoms with Gasteiger partial charge in [-0.15, -0.1) is 0 Å². The lowest BCUT2D eigenvalue weighted by molar-refractivity contribution is -0.119. The second-order valence-electron chi connectivity index (χ2n) is 7.68. The number of carbonyl (C=O) groups is 1. The van der Waals surface area contributed by atoms with Crippen LogP contribution in [0, 0.1) is 5.92 Å². The Bertz CT molecular complexity index is 956. The molecule has 0 amide bonds. The minimum Gasteiger partial charge on any atom is -0.306 e. The number of fused-ring (bicyclic) bond motifs is 1. The minimum atomic E-state index is 0.265. The number of aromatic nitrogens is 4. The molecule has 0 unspecified atom stereocenters. The third-order valence-electron chi connectivity index (χ3n) is 5.41. The number of hydrogen-bond donors (Lipinski definition) is 0. The topological polar surface area (TPSA) is 63.9 Å². The van der Waals surface area contributed by atoms with Crippen LogP contribution in [-0.4, -0.2) is 50.8 Å². The summed E-state index contributed by atoms with van der Waals surface area (Å²) < 4.78 is 1.79. The first-order valence-corrected chi connectivity index (χ1v) is 9.52. The highest BCUT2D eigenvalue weighted by Crippen LogP contribution is 2.24. The molecule has 0 aliphatic carbocycles. The predicted molar refractivity (Wildman–Crippen MR) is 105 cm³/mol. The summed E-state index contributed by atoms with van der Waals surface area (Å²) in [4.78, 5) is 14.8. The molecular weight excluding hydrogens is 338 g/mol. The molecule has 6 nitrogen and oxygen atoms in total. The molecule has 1 saturated heterocycles. The monoisotopic (exact) mass is 363 g/mol. The summed E-state index contributed by atoms with van der Waals surface area (Å²) in [7, 11) is 4.05. The van der Waals surface area contributed by atoms with Crippen molar-refractivity contribution in [1.29, 1.82) is 0 Å². The first-order valence-electron chi connectivity index (χ1n) is 9.52. The average molecular weight is 363 g/mol. The van der Waals surface area contributed by atoms with Gasteiger partial charge in [0, 0.05) is 30.6 Å². The SMILES string of the molecule is CN1CCC(CC(=O)Cc2cc3cc(-c4cnn(C)c4)ccc3nn2)CC1. The highest BCUT2D eigenvalue weighted by molar-refractivity contribution is 5.86. The van der Waals surface area contributed by atoms with Crippen LogP contribution in [0.5, 0.6) is 0 Å². The third-order valence-corrected chi connectivity index (χ3v) is 5.41. The van der Waals surface area contributed by atoms with E-state index >= 15 is 0 Å². The zero-order valence-corrected chi connectivity index (χ0v) is 15.9. The normalized spacial score (nSPS) is 16.1. The van der Waals surface area contributed by atoms with Crippen LogP contribution in [0.4, 0.5) is 0 Å². The van der Waals surface area contributed by atoms with E-state index in [1.54, 1.807) is 4.68 Å². The van der Waals surface area contributed by atoms with Crippen LogP contribution in [-0.2, 0) is 18.3 Å². The zero-order valence-electron chi connectivity index (χ0n) is 15.9. The van der Waals surface area contributed by atoms with Gasteiger partial charge in [0.2, 0.25) is 0 Å². The van der Waals surface area contributed by atoms with E-state index in [1.165, 1.54) is 0 Å². The number of aryl methyl sites for hydroxylation is 1. The van der Waals surface area contributed by atoms with Crippen molar-refractivity contribution in [2.75, 3.05) is 20.1 Å². The maximum absolute atomic E-state index is 12.5. The zero-order chi connectivity index (χ0) is 18.8. The predicted octanol–water partition coefficient (Wildman–Crippen LogP) is 2.87. The van der Waals surface area contributed by atoms with Crippen molar-refractivity contribution < 1.29 is 4.79 Å². The highest BCUT2D eigenvalue weighted by Gasteiger charge is 2.20. The van der Waals surface area contributed by atoms with Crippen LogP contribution in [0.1, 0.15) is 25.0 Å². The molecule has 3 aromatic rings. The van der Waals surface area contributed by atoms with Crippen LogP contribution in [0.25, 0.3) is 22.0 Å². The van der Waals surface area contributed by atoms with E-state index in [1.807, 2.05) is 37.6 Å². The lowest BCUT2D eigenvalue weighted by atomic mass is 9.91. The molecule has 1 aromatic carbocycles. The third kappa shape index (κ3) is 4.22. The molecule has 0 N–H and O–H groups in total. The maximum atomic E-state index is 12.5. The van der Waals surface area contributed by atoms with E-state index in [-0.39, 0.29) is 5.78 Å². The van der Waals surface area contributed by atoms with Crippen LogP contribution in [0.15, 0.2) is 36.7 Å². The molecule has 0 spiro atoms. The molecule has 0 radical (unpaired) electrons. The fraction of sp³-hybridized carbons (Fsp3) is 0.429. The average Bonchev–Trinajstić information content (AvgIpc) is 3.09. The molecule has 0 bridgehead atoms. The number of nitrogens with zero attached hydrogens (tertiary/aromatic N) is 5. The number of ketones is 1. The molecule has 140 valence electrons. The Balaban J connectivity index is 1.48. The van der Waals surface area contributed by atoms with Gasteiger partial charge in [-0.1, -0.05) is 6.07 Å². The van der Waals surface area contributed by atoms with Gasteiger partial charge in [-0.25, -0.2) is 0 Å². The number of Topliss-reactive ketones (excluding diaryl/α,β-unsaturated/α-hetero) is 1. The van der Waals surface area contributed by atoms with E-state index in [2.05, 4.69) is 33.3 Å². The van der Waals surface area contributed by atoms with Gasteiger partial charge in [-0.05, 0) is 62.7 Å². The van der Waals surface area contributed by atoms with Gasteiger partial charge in [0.25, 0.3) is 0 Å². The second kappa shape index (κ2) is 7.56. The molecule has 1 aliphatic heterocycles. The Labute approximate surface area is 159 Å². The maximum Gasteiger partial charge on any atom is 0.139 e. The van der Waals surface area contributed by atoms with Crippen LogP contribution >= 0.6 is 0 Å². The second-order valence-corrected chi connectivity index (χ2v) is 7.68. The lowest BCUT2D eigenvalue weighted by Gasteiger charge is -2.28. The quantitative estimate of drug-likeness (QED) is 0.697. The van der Waals surface area contributed by atoms with Gasteiger partial charge in [-0.2, -0.15) is 15.3 Å². The lowest BCUT2D eigenvalue weighted by Crippen LogP contribution is -2.31. The Morgan fingerprint density at radius 2 is 1.93 bits per heavy atom. The molecule has 3 heterocycles. The van der Waals surface area contributed by atoms with E-state index in [9.17, 15) is 4.79 Å². The van der Waals surface area contributed by atoms with Crippen molar-refractivity contribution in [3.63, 3.8) is 0 Å². The van der Waals surface area contributed by atoms with E-state index < -0.39 is 0 Å². The van der Waals surface area contributed by atoms with Gasteiger partial charge >= 0.3 is 0 Å². The summed E-state index contributed by atoms with van der Waals surface area (Å²) in [5.41, 5.74) is 3.75. The van der Waals surface area contributed by atoms with Gasteiger partial charge < -0.3 is 4.90 Å². The molecule has 6 heteroatoms. The number of piperidine rings is 1. The number of benzene rings is 1. The number of rotatable bonds is 5. The van der Waals surface area contributed by atoms with Crippen LogP contribution in [0.2, 0.25) is 0 Å². The van der Waals surface area contributed by atoms with E-state index in [4.69, 9.17) is 0 Å². The molecule has 4 rings (SSSR count). The van der Waals surface area contributed by atoms with Gasteiger partial charge in [-0.3, -0.25) is 9.48 Å². The summed E-state index contributed by atoms with van der Waals surface area (Å²) in [6.07, 6.45) is 7.08. The van der Waals surface area contributed by atoms with Crippen molar-refractivity contribution in [3.05, 3.63) is 42.4 Å². The first kappa shape index (κ1) is 17.8. The number of hydrogen-bond acceptors (Lipinski definition) is 5. The highest BCUT2D eigenvalue weighted by atomic mass is 16.1. The molecule has 1 aliphatic rings. The summed E-state index contributed by atoms with van der Waals surface area (Å²) in [5, 5.41) is 13.8. The number of likely N-dealkylation sites (tertiary alicyclic amines) is 1. The first-order chi connectivity index (χ1) is 13.1. The van der Waals surface area contributed by atoms with Gasteiger partial charge in [0.1, 0.15) is 5.78 Å². The van der Waals surface area contributed by atoms with E-state index in [0.717, 1.165) is 53.7 Å².